The Morgan fingerprint density at radius 1 is 0.645 bits per heavy atom. The fourth-order valence-corrected chi connectivity index (χ4v) is 6.24. The molecule has 2 aromatic rings. The van der Waals surface area contributed by atoms with Crippen LogP contribution >= 0.6 is 0 Å². The first-order valence-corrected chi connectivity index (χ1v) is 13.5. The number of benzene rings is 2. The summed E-state index contributed by atoms with van der Waals surface area (Å²) < 4.78 is 3.54. The number of nitrogens with zero attached hydrogens (tertiary/aromatic N) is 2. The number of rotatable bonds is 4. The molecule has 2 aromatic carbocycles. The van der Waals surface area contributed by atoms with E-state index in [1.807, 2.05) is 115 Å². The first-order chi connectivity index (χ1) is 14.2. The lowest BCUT2D eigenvalue weighted by Crippen LogP contribution is -2.70. The SMILES string of the molecule is CC(C)(C)NC(=O)N(c1ccccc1)[Si](C)(C)N(C(=O)NC(C)(C)C)c1ccccc1. The molecule has 0 atom stereocenters. The van der Waals surface area contributed by atoms with E-state index in [1.54, 1.807) is 9.13 Å². The van der Waals surface area contributed by atoms with Crippen molar-refractivity contribution in [2.24, 2.45) is 0 Å². The summed E-state index contributed by atoms with van der Waals surface area (Å²) in [5.74, 6) is 0. The minimum absolute atomic E-state index is 0.222. The van der Waals surface area contributed by atoms with Gasteiger partial charge in [-0.3, -0.25) is 0 Å². The van der Waals surface area contributed by atoms with Crippen LogP contribution in [0.25, 0.3) is 0 Å². The van der Waals surface area contributed by atoms with Gasteiger partial charge in [0.15, 0.2) is 0 Å². The molecule has 0 spiro atoms. The Labute approximate surface area is 187 Å². The first-order valence-electron chi connectivity index (χ1n) is 10.6. The van der Waals surface area contributed by atoms with Crippen molar-refractivity contribution in [1.29, 1.82) is 0 Å². The summed E-state index contributed by atoms with van der Waals surface area (Å²) in [7, 11) is -2.93. The van der Waals surface area contributed by atoms with Crippen LogP contribution in [0.1, 0.15) is 41.5 Å². The molecular formula is C24H36N4O2Si. The van der Waals surface area contributed by atoms with Crippen molar-refractivity contribution < 1.29 is 9.59 Å². The largest absolute Gasteiger partial charge is 0.334 e. The number of urea groups is 2. The highest BCUT2D eigenvalue weighted by molar-refractivity contribution is 6.90. The van der Waals surface area contributed by atoms with Gasteiger partial charge in [0.05, 0.1) is 0 Å². The molecule has 0 aromatic heterocycles. The van der Waals surface area contributed by atoms with E-state index in [-0.39, 0.29) is 12.1 Å². The number of nitrogens with one attached hydrogen (secondary N) is 2. The van der Waals surface area contributed by atoms with Crippen LogP contribution in [0.4, 0.5) is 21.0 Å². The van der Waals surface area contributed by atoms with Crippen molar-refractivity contribution >= 4 is 31.8 Å². The van der Waals surface area contributed by atoms with Gasteiger partial charge >= 0.3 is 12.1 Å². The molecular weight excluding hydrogens is 404 g/mol. The maximum atomic E-state index is 13.5. The third-order valence-electron chi connectivity index (χ3n) is 4.49. The van der Waals surface area contributed by atoms with E-state index in [2.05, 4.69) is 10.6 Å². The third kappa shape index (κ3) is 6.59. The van der Waals surface area contributed by atoms with Crippen LogP contribution in [0, 0.1) is 0 Å². The van der Waals surface area contributed by atoms with Crippen LogP contribution in [0.5, 0.6) is 0 Å². The zero-order chi connectivity index (χ0) is 23.4. The first kappa shape index (κ1) is 24.5. The molecule has 2 rings (SSSR count). The topological polar surface area (TPSA) is 64.7 Å². The van der Waals surface area contributed by atoms with E-state index in [0.29, 0.717) is 0 Å². The van der Waals surface area contributed by atoms with Gasteiger partial charge in [-0.1, -0.05) is 36.4 Å². The fourth-order valence-electron chi connectivity index (χ4n) is 3.37. The molecule has 0 bridgehead atoms. The van der Waals surface area contributed by atoms with Gasteiger partial charge in [-0.05, 0) is 78.9 Å². The van der Waals surface area contributed by atoms with Crippen LogP contribution in [0.2, 0.25) is 13.1 Å². The van der Waals surface area contributed by atoms with E-state index < -0.39 is 19.5 Å². The highest BCUT2D eigenvalue weighted by Gasteiger charge is 2.45. The lowest BCUT2D eigenvalue weighted by molar-refractivity contribution is 0.240. The Morgan fingerprint density at radius 3 is 1.19 bits per heavy atom. The summed E-state index contributed by atoms with van der Waals surface area (Å²) in [5.41, 5.74) is 0.676. The minimum Gasteiger partial charge on any atom is -0.334 e. The standard InChI is InChI=1S/C24H36N4O2Si/c1-23(2,3)25-21(29)27(19-15-11-9-12-16-19)31(7,8)28(20-17-13-10-14-18-20)22(30)26-24(4,5)6/h9-18H,1-8H3,(H,25,29)(H,26,30). The van der Waals surface area contributed by atoms with Crippen LogP contribution < -0.4 is 19.8 Å². The molecule has 0 fully saturated rings. The van der Waals surface area contributed by atoms with Gasteiger partial charge in [-0.25, -0.2) is 9.59 Å². The molecule has 31 heavy (non-hydrogen) atoms. The van der Waals surface area contributed by atoms with Crippen LogP contribution in [-0.4, -0.2) is 31.5 Å². The van der Waals surface area contributed by atoms with Gasteiger partial charge in [0.2, 0.25) is 0 Å². The Kier molecular flexibility index (Phi) is 7.21. The van der Waals surface area contributed by atoms with E-state index in [9.17, 15) is 9.59 Å². The maximum absolute atomic E-state index is 13.5. The number of para-hydroxylation sites is 2. The number of hydrogen-bond acceptors (Lipinski definition) is 2. The molecule has 4 amide bonds. The Balaban J connectivity index is 2.63. The Hall–Kier alpha value is -2.80. The second-order valence-electron chi connectivity index (χ2n) is 10.2. The number of amides is 4. The highest BCUT2D eigenvalue weighted by atomic mass is 28.3. The molecule has 0 aliphatic carbocycles. The van der Waals surface area contributed by atoms with E-state index >= 15 is 0 Å². The summed E-state index contributed by atoms with van der Waals surface area (Å²) >= 11 is 0. The summed E-state index contributed by atoms with van der Waals surface area (Å²) in [6.07, 6.45) is 0. The van der Waals surface area contributed by atoms with E-state index in [4.69, 9.17) is 0 Å². The Bertz CT molecular complexity index is 814. The van der Waals surface area contributed by atoms with Gasteiger partial charge in [0, 0.05) is 22.5 Å². The minimum atomic E-state index is -2.93. The molecule has 2 N–H and O–H groups in total. The molecule has 0 saturated heterocycles. The molecule has 7 heteroatoms. The van der Waals surface area contributed by atoms with Crippen molar-refractivity contribution in [2.45, 2.75) is 65.7 Å². The van der Waals surface area contributed by atoms with Gasteiger partial charge in [-0.2, -0.15) is 0 Å². The summed E-state index contributed by atoms with van der Waals surface area (Å²) in [6, 6.07) is 18.6. The second-order valence-corrected chi connectivity index (χ2v) is 14.1. The zero-order valence-corrected chi connectivity index (χ0v) is 21.0. The lowest BCUT2D eigenvalue weighted by Gasteiger charge is -2.45. The predicted octanol–water partition coefficient (Wildman–Crippen LogP) is 5.72. The average molecular weight is 441 g/mol. The summed E-state index contributed by atoms with van der Waals surface area (Å²) in [4.78, 5) is 27.1. The number of carbonyl (C=O) groups excluding carboxylic acids is 2. The quantitative estimate of drug-likeness (QED) is 0.597. The molecule has 168 valence electrons. The molecule has 0 unspecified atom stereocenters. The van der Waals surface area contributed by atoms with Crippen molar-refractivity contribution in [3.8, 4) is 0 Å². The number of carbonyl (C=O) groups is 2. The van der Waals surface area contributed by atoms with E-state index in [1.165, 1.54) is 0 Å². The van der Waals surface area contributed by atoms with Crippen molar-refractivity contribution in [3.05, 3.63) is 60.7 Å². The molecule has 0 saturated carbocycles. The molecule has 0 radical (unpaired) electrons. The van der Waals surface area contributed by atoms with Crippen molar-refractivity contribution in [2.75, 3.05) is 9.13 Å². The average Bonchev–Trinajstić information content (AvgIpc) is 2.60. The maximum Gasteiger partial charge on any atom is 0.315 e. The summed E-state index contributed by atoms with van der Waals surface area (Å²) in [5, 5.41) is 6.16. The van der Waals surface area contributed by atoms with Crippen LogP contribution in [0.15, 0.2) is 60.7 Å². The van der Waals surface area contributed by atoms with Crippen molar-refractivity contribution in [3.63, 3.8) is 0 Å². The molecule has 0 aliphatic heterocycles. The van der Waals surface area contributed by atoms with Gasteiger partial charge in [-0.15, -0.1) is 0 Å². The van der Waals surface area contributed by atoms with Gasteiger partial charge < -0.3 is 19.8 Å². The second kappa shape index (κ2) is 9.14. The number of anilines is 2. The van der Waals surface area contributed by atoms with Crippen molar-refractivity contribution in [1.82, 2.24) is 10.6 Å². The lowest BCUT2D eigenvalue weighted by atomic mass is 10.1. The highest BCUT2D eigenvalue weighted by Crippen LogP contribution is 2.29. The molecule has 0 heterocycles. The Morgan fingerprint density at radius 2 is 0.935 bits per heavy atom. The summed E-state index contributed by atoms with van der Waals surface area (Å²) in [6.45, 7) is 15.7. The molecule has 0 aliphatic rings. The van der Waals surface area contributed by atoms with E-state index in [0.717, 1.165) is 11.4 Å². The monoisotopic (exact) mass is 440 g/mol. The molecule has 6 nitrogen and oxygen atoms in total. The van der Waals surface area contributed by atoms with Crippen LogP contribution in [-0.2, 0) is 0 Å². The number of hydrogen-bond donors (Lipinski definition) is 2. The predicted molar refractivity (Wildman–Crippen MR) is 132 cm³/mol. The zero-order valence-electron chi connectivity index (χ0n) is 20.0. The van der Waals surface area contributed by atoms with Gasteiger partial charge in [0.1, 0.15) is 0 Å². The van der Waals surface area contributed by atoms with Gasteiger partial charge in [0.25, 0.3) is 8.40 Å². The smallest absolute Gasteiger partial charge is 0.315 e. The fraction of sp³-hybridized carbons (Fsp3) is 0.417. The normalized spacial score (nSPS) is 12.1. The van der Waals surface area contributed by atoms with Crippen LogP contribution in [0.3, 0.4) is 0 Å². The third-order valence-corrected chi connectivity index (χ3v) is 7.60.